The first-order valence-corrected chi connectivity index (χ1v) is 9.45. The van der Waals surface area contributed by atoms with E-state index in [1.54, 1.807) is 6.07 Å². The SMILES string of the molecule is CC(C)[C@@H]1CC[C@@H](C)C[C@H]1OC(=O)Cn1cnc2sccc2c1=O. The number of aromatic nitrogens is 2. The summed E-state index contributed by atoms with van der Waals surface area (Å²) in [6, 6.07) is 1.74. The molecule has 0 N–H and O–H groups in total. The van der Waals surface area contributed by atoms with Gasteiger partial charge in [-0.1, -0.05) is 27.2 Å². The molecule has 0 spiro atoms. The fraction of sp³-hybridized carbons (Fsp3) is 0.611. The van der Waals surface area contributed by atoms with Crippen molar-refractivity contribution in [2.45, 2.75) is 52.7 Å². The van der Waals surface area contributed by atoms with Crippen molar-refractivity contribution in [3.05, 3.63) is 28.1 Å². The second kappa shape index (κ2) is 7.05. The van der Waals surface area contributed by atoms with Gasteiger partial charge in [-0.25, -0.2) is 4.98 Å². The Morgan fingerprint density at radius 1 is 1.46 bits per heavy atom. The van der Waals surface area contributed by atoms with Crippen molar-refractivity contribution < 1.29 is 9.53 Å². The van der Waals surface area contributed by atoms with Crippen LogP contribution in [0.3, 0.4) is 0 Å². The van der Waals surface area contributed by atoms with Crippen LogP contribution < -0.4 is 5.56 Å². The van der Waals surface area contributed by atoms with Crippen LogP contribution in [0.15, 0.2) is 22.6 Å². The van der Waals surface area contributed by atoms with Gasteiger partial charge in [0.05, 0.1) is 11.7 Å². The lowest BCUT2D eigenvalue weighted by atomic mass is 9.75. The summed E-state index contributed by atoms with van der Waals surface area (Å²) >= 11 is 1.42. The summed E-state index contributed by atoms with van der Waals surface area (Å²) in [6.07, 6.45) is 4.58. The number of fused-ring (bicyclic) bond motifs is 1. The standard InChI is InChI=1S/C18H24N2O3S/c1-11(2)13-5-4-12(3)8-15(13)23-16(21)9-20-10-19-17-14(18(20)22)6-7-24-17/h6-7,10-13,15H,4-5,8-9H2,1-3H3/t12-,13+,15-/m1/s1. The third kappa shape index (κ3) is 3.53. The quantitative estimate of drug-likeness (QED) is 0.794. The van der Waals surface area contributed by atoms with Crippen molar-refractivity contribution in [1.29, 1.82) is 0 Å². The van der Waals surface area contributed by atoms with Gasteiger partial charge in [0.15, 0.2) is 0 Å². The third-order valence-corrected chi connectivity index (χ3v) is 5.81. The normalized spacial score (nSPS) is 24.4. The van der Waals surface area contributed by atoms with Crippen LogP contribution in [0.2, 0.25) is 0 Å². The van der Waals surface area contributed by atoms with E-state index in [-0.39, 0.29) is 24.2 Å². The van der Waals surface area contributed by atoms with Crippen molar-refractivity contribution in [3.8, 4) is 0 Å². The van der Waals surface area contributed by atoms with E-state index in [0.717, 1.165) is 12.8 Å². The van der Waals surface area contributed by atoms with Gasteiger partial charge in [0.2, 0.25) is 0 Å². The minimum Gasteiger partial charge on any atom is -0.461 e. The summed E-state index contributed by atoms with van der Waals surface area (Å²) in [5.41, 5.74) is -0.185. The van der Waals surface area contributed by atoms with Crippen LogP contribution in [0.25, 0.3) is 10.2 Å². The molecule has 0 unspecified atom stereocenters. The lowest BCUT2D eigenvalue weighted by molar-refractivity contribution is -0.156. The lowest BCUT2D eigenvalue weighted by Gasteiger charge is -2.36. The van der Waals surface area contributed by atoms with E-state index in [1.807, 2.05) is 5.38 Å². The lowest BCUT2D eigenvalue weighted by Crippen LogP contribution is -2.37. The Bertz CT molecular complexity index is 780. The van der Waals surface area contributed by atoms with Gasteiger partial charge in [-0.05, 0) is 42.0 Å². The number of hydrogen-bond donors (Lipinski definition) is 0. The summed E-state index contributed by atoms with van der Waals surface area (Å²) < 4.78 is 7.11. The summed E-state index contributed by atoms with van der Waals surface area (Å²) in [6.45, 7) is 6.49. The van der Waals surface area contributed by atoms with Crippen LogP contribution in [0, 0.1) is 17.8 Å². The number of nitrogens with zero attached hydrogens (tertiary/aromatic N) is 2. The maximum atomic E-state index is 12.4. The maximum Gasteiger partial charge on any atom is 0.326 e. The predicted molar refractivity (Wildman–Crippen MR) is 95.1 cm³/mol. The highest BCUT2D eigenvalue weighted by atomic mass is 32.1. The Kier molecular flexibility index (Phi) is 5.04. The molecule has 3 atom stereocenters. The van der Waals surface area contributed by atoms with E-state index in [2.05, 4.69) is 25.8 Å². The second-order valence-electron chi connectivity index (χ2n) is 7.17. The van der Waals surface area contributed by atoms with Crippen molar-refractivity contribution in [3.63, 3.8) is 0 Å². The van der Waals surface area contributed by atoms with Crippen LogP contribution in [0.5, 0.6) is 0 Å². The van der Waals surface area contributed by atoms with Crippen molar-refractivity contribution in [2.75, 3.05) is 0 Å². The first kappa shape index (κ1) is 17.1. The molecule has 130 valence electrons. The summed E-state index contributed by atoms with van der Waals surface area (Å²) in [5, 5.41) is 2.39. The molecule has 2 aromatic rings. The number of carbonyl (C=O) groups is 1. The van der Waals surface area contributed by atoms with E-state index in [9.17, 15) is 9.59 Å². The third-order valence-electron chi connectivity index (χ3n) is 4.99. The summed E-state index contributed by atoms with van der Waals surface area (Å²) in [5.74, 6) is 1.11. The molecule has 0 bridgehead atoms. The molecule has 6 heteroatoms. The first-order chi connectivity index (χ1) is 11.5. The van der Waals surface area contributed by atoms with Crippen molar-refractivity contribution in [2.24, 2.45) is 17.8 Å². The Labute approximate surface area is 145 Å². The largest absolute Gasteiger partial charge is 0.461 e. The molecule has 1 fully saturated rings. The predicted octanol–water partition coefficient (Wildman–Crippen LogP) is 3.46. The van der Waals surface area contributed by atoms with Gasteiger partial charge in [-0.15, -0.1) is 11.3 Å². The molecular formula is C18H24N2O3S. The molecule has 0 radical (unpaired) electrons. The highest BCUT2D eigenvalue weighted by molar-refractivity contribution is 7.16. The molecule has 3 rings (SSSR count). The van der Waals surface area contributed by atoms with Crippen molar-refractivity contribution in [1.82, 2.24) is 9.55 Å². The fourth-order valence-electron chi connectivity index (χ4n) is 3.60. The molecular weight excluding hydrogens is 324 g/mol. The van der Waals surface area contributed by atoms with E-state index < -0.39 is 0 Å². The zero-order chi connectivity index (χ0) is 17.3. The van der Waals surface area contributed by atoms with Gasteiger partial charge in [0.1, 0.15) is 17.5 Å². The monoisotopic (exact) mass is 348 g/mol. The topological polar surface area (TPSA) is 61.2 Å². The molecule has 5 nitrogen and oxygen atoms in total. The molecule has 1 aliphatic rings. The highest BCUT2D eigenvalue weighted by Crippen LogP contribution is 2.35. The van der Waals surface area contributed by atoms with Gasteiger partial charge >= 0.3 is 5.97 Å². The summed E-state index contributed by atoms with van der Waals surface area (Å²) in [7, 11) is 0. The summed E-state index contributed by atoms with van der Waals surface area (Å²) in [4.78, 5) is 29.7. The van der Waals surface area contributed by atoms with Gasteiger partial charge in [-0.2, -0.15) is 0 Å². The van der Waals surface area contributed by atoms with Crippen LogP contribution in [-0.2, 0) is 16.1 Å². The van der Waals surface area contributed by atoms with E-state index in [4.69, 9.17) is 4.74 Å². The maximum absolute atomic E-state index is 12.4. The van der Waals surface area contributed by atoms with E-state index in [1.165, 1.54) is 28.7 Å². The van der Waals surface area contributed by atoms with Crippen LogP contribution >= 0.6 is 11.3 Å². The number of rotatable bonds is 4. The van der Waals surface area contributed by atoms with E-state index in [0.29, 0.717) is 28.0 Å². The minimum absolute atomic E-state index is 0.0465. The van der Waals surface area contributed by atoms with Gasteiger partial charge < -0.3 is 4.74 Å². The molecule has 2 heterocycles. The van der Waals surface area contributed by atoms with Crippen molar-refractivity contribution >= 4 is 27.5 Å². The second-order valence-corrected chi connectivity index (χ2v) is 8.07. The van der Waals surface area contributed by atoms with Crippen LogP contribution in [0.4, 0.5) is 0 Å². The fourth-order valence-corrected chi connectivity index (χ4v) is 4.32. The van der Waals surface area contributed by atoms with Gasteiger partial charge in [0.25, 0.3) is 5.56 Å². The highest BCUT2D eigenvalue weighted by Gasteiger charge is 2.33. The Morgan fingerprint density at radius 2 is 2.25 bits per heavy atom. The number of esters is 1. The molecule has 0 aromatic carbocycles. The average Bonchev–Trinajstić information content (AvgIpc) is 2.99. The molecule has 2 aromatic heterocycles. The molecule has 1 saturated carbocycles. The molecule has 0 amide bonds. The minimum atomic E-state index is -0.349. The Balaban J connectivity index is 1.71. The molecule has 24 heavy (non-hydrogen) atoms. The van der Waals surface area contributed by atoms with Crippen LogP contribution in [0.1, 0.15) is 40.0 Å². The Morgan fingerprint density at radius 3 is 3.00 bits per heavy atom. The smallest absolute Gasteiger partial charge is 0.326 e. The van der Waals surface area contributed by atoms with Gasteiger partial charge in [0, 0.05) is 0 Å². The molecule has 1 aliphatic carbocycles. The average molecular weight is 348 g/mol. The zero-order valence-corrected chi connectivity index (χ0v) is 15.2. The first-order valence-electron chi connectivity index (χ1n) is 8.58. The number of carbonyl (C=O) groups excluding carboxylic acids is 1. The molecule has 0 aliphatic heterocycles. The van der Waals surface area contributed by atoms with Crippen LogP contribution in [-0.4, -0.2) is 21.6 Å². The Hall–Kier alpha value is -1.69. The van der Waals surface area contributed by atoms with Gasteiger partial charge in [-0.3, -0.25) is 14.2 Å². The molecule has 0 saturated heterocycles. The zero-order valence-electron chi connectivity index (χ0n) is 14.4. The number of ether oxygens (including phenoxy) is 1. The number of hydrogen-bond acceptors (Lipinski definition) is 5. The van der Waals surface area contributed by atoms with E-state index >= 15 is 0 Å². The number of thiophene rings is 1.